The minimum atomic E-state index is -1.06. The Hall–Kier alpha value is -5.08. The van der Waals surface area contributed by atoms with Gasteiger partial charge in [-0.3, -0.25) is 14.4 Å². The van der Waals surface area contributed by atoms with Gasteiger partial charge in [-0.2, -0.15) is 0 Å². The maximum absolute atomic E-state index is 12.8. The highest BCUT2D eigenvalue weighted by Crippen LogP contribution is 2.35. The second kappa shape index (κ2) is 24.6. The molecule has 4 N–H and O–H groups in total. The standard InChI is InChI=1S/C45H60N4O9/c1-33-17-20-47-41(30-33)46-19-7-10-42(50)48-32-43(51)49-39(31-44(52)53)35-13-11-34(12-14-35)36-15-16-40(38-9-6-5-8-37(36)38)58-29-28-57-27-26-56-25-24-55-23-22-54-21-18-45(2,3)4/h5-6,8-9,11-17,20,30,39H,7,10,18-19,21-29,31-32H2,1-4H3,(H,46,47)(H,48,50)(H,49,51)(H,52,53)/t39-/m0/s1. The van der Waals surface area contributed by atoms with E-state index in [1.807, 2.05) is 79.7 Å². The number of pyridine rings is 1. The van der Waals surface area contributed by atoms with Crippen LogP contribution in [0.1, 0.15) is 63.6 Å². The zero-order chi connectivity index (χ0) is 41.6. The average Bonchev–Trinajstić information content (AvgIpc) is 3.19. The molecule has 1 aromatic heterocycles. The summed E-state index contributed by atoms with van der Waals surface area (Å²) in [6, 6.07) is 22.4. The van der Waals surface area contributed by atoms with Gasteiger partial charge in [0.2, 0.25) is 11.8 Å². The number of aromatic nitrogens is 1. The molecule has 4 rings (SSSR count). The number of carboxylic acids is 1. The number of rotatable bonds is 27. The van der Waals surface area contributed by atoms with Gasteiger partial charge >= 0.3 is 5.97 Å². The molecule has 1 atom stereocenters. The molecule has 58 heavy (non-hydrogen) atoms. The largest absolute Gasteiger partial charge is 0.491 e. The van der Waals surface area contributed by atoms with Gasteiger partial charge in [0.25, 0.3) is 0 Å². The zero-order valence-corrected chi connectivity index (χ0v) is 34.3. The Morgan fingerprint density at radius 1 is 0.759 bits per heavy atom. The number of hydrogen-bond acceptors (Lipinski definition) is 10. The second-order valence-corrected chi connectivity index (χ2v) is 15.1. The van der Waals surface area contributed by atoms with Crippen molar-refractivity contribution in [2.45, 2.75) is 59.4 Å². The smallest absolute Gasteiger partial charge is 0.305 e. The van der Waals surface area contributed by atoms with E-state index in [2.05, 4.69) is 41.7 Å². The van der Waals surface area contributed by atoms with Crippen LogP contribution in [0.3, 0.4) is 0 Å². The molecular formula is C45H60N4O9. The van der Waals surface area contributed by atoms with Crippen molar-refractivity contribution in [3.8, 4) is 16.9 Å². The molecule has 0 saturated heterocycles. The minimum absolute atomic E-state index is 0.227. The summed E-state index contributed by atoms with van der Waals surface area (Å²) in [5.74, 6) is -0.322. The van der Waals surface area contributed by atoms with Gasteiger partial charge in [0.1, 0.15) is 18.2 Å². The quantitative estimate of drug-likeness (QED) is 0.0473. The first-order valence-corrected chi connectivity index (χ1v) is 20.0. The summed E-state index contributed by atoms with van der Waals surface area (Å²) >= 11 is 0. The number of carbonyl (C=O) groups is 3. The Labute approximate surface area is 342 Å². The number of anilines is 1. The predicted molar refractivity (Wildman–Crippen MR) is 225 cm³/mol. The Morgan fingerprint density at radius 3 is 2.03 bits per heavy atom. The van der Waals surface area contributed by atoms with Gasteiger partial charge in [0, 0.05) is 31.2 Å². The summed E-state index contributed by atoms with van der Waals surface area (Å²) in [5.41, 5.74) is 3.89. The third-order valence-electron chi connectivity index (χ3n) is 9.07. The van der Waals surface area contributed by atoms with Crippen molar-refractivity contribution >= 4 is 34.4 Å². The SMILES string of the molecule is Cc1ccnc(NCCCC(=O)NCC(=O)N[C@@H](CC(=O)O)c2ccc(-c3ccc(OCCOCCOCCOCCOCCC(C)(C)C)c4ccccc34)cc2)c1. The highest BCUT2D eigenvalue weighted by Gasteiger charge is 2.19. The molecule has 0 fully saturated rings. The van der Waals surface area contributed by atoms with E-state index in [4.69, 9.17) is 23.7 Å². The van der Waals surface area contributed by atoms with Gasteiger partial charge in [-0.25, -0.2) is 4.98 Å². The molecule has 0 aliphatic rings. The first-order chi connectivity index (χ1) is 28.0. The number of amides is 2. The lowest BCUT2D eigenvalue weighted by molar-refractivity contribution is -0.138. The second-order valence-electron chi connectivity index (χ2n) is 15.1. The first kappa shape index (κ1) is 45.6. The third-order valence-corrected chi connectivity index (χ3v) is 9.07. The van der Waals surface area contributed by atoms with Crippen LogP contribution in [0.5, 0.6) is 5.75 Å². The maximum atomic E-state index is 12.8. The van der Waals surface area contributed by atoms with Crippen LogP contribution in [0.4, 0.5) is 5.82 Å². The maximum Gasteiger partial charge on any atom is 0.305 e. The fourth-order valence-corrected chi connectivity index (χ4v) is 5.93. The summed E-state index contributed by atoms with van der Waals surface area (Å²) in [4.78, 5) is 41.1. The van der Waals surface area contributed by atoms with Gasteiger partial charge in [0.05, 0.1) is 65.3 Å². The lowest BCUT2D eigenvalue weighted by Gasteiger charge is -2.19. The molecule has 0 aliphatic carbocycles. The van der Waals surface area contributed by atoms with Crippen molar-refractivity contribution in [1.82, 2.24) is 15.6 Å². The van der Waals surface area contributed by atoms with Crippen molar-refractivity contribution in [3.05, 3.63) is 90.1 Å². The highest BCUT2D eigenvalue weighted by molar-refractivity contribution is 6.00. The van der Waals surface area contributed by atoms with Gasteiger partial charge in [-0.05, 0) is 71.0 Å². The molecule has 2 amide bonds. The van der Waals surface area contributed by atoms with Crippen LogP contribution >= 0.6 is 0 Å². The fourth-order valence-electron chi connectivity index (χ4n) is 5.93. The highest BCUT2D eigenvalue weighted by atomic mass is 16.6. The lowest BCUT2D eigenvalue weighted by Crippen LogP contribution is -2.39. The van der Waals surface area contributed by atoms with E-state index in [1.54, 1.807) is 6.20 Å². The number of hydrogen-bond donors (Lipinski definition) is 4. The Balaban J connectivity index is 1.18. The molecule has 13 nitrogen and oxygen atoms in total. The number of carboxylic acid groups (broad SMARTS) is 1. The van der Waals surface area contributed by atoms with Gasteiger partial charge in [-0.1, -0.05) is 75.4 Å². The van der Waals surface area contributed by atoms with Crippen LogP contribution < -0.4 is 20.7 Å². The Morgan fingerprint density at radius 2 is 1.40 bits per heavy atom. The molecule has 3 aromatic carbocycles. The first-order valence-electron chi connectivity index (χ1n) is 20.0. The molecule has 0 bridgehead atoms. The van der Waals surface area contributed by atoms with E-state index in [1.165, 1.54) is 0 Å². The molecule has 0 spiro atoms. The fraction of sp³-hybridized carbons (Fsp3) is 0.467. The molecule has 13 heteroatoms. The van der Waals surface area contributed by atoms with E-state index < -0.39 is 17.9 Å². The van der Waals surface area contributed by atoms with Crippen molar-refractivity contribution in [1.29, 1.82) is 0 Å². The number of ether oxygens (including phenoxy) is 5. The topological polar surface area (TPSA) is 167 Å². The molecule has 314 valence electrons. The number of nitrogens with one attached hydrogen (secondary N) is 3. The molecule has 0 radical (unpaired) electrons. The van der Waals surface area contributed by atoms with Crippen molar-refractivity contribution < 1.29 is 43.2 Å². The van der Waals surface area contributed by atoms with Crippen LogP contribution in [-0.4, -0.2) is 100 Å². The Bertz CT molecular complexity index is 1860. The van der Waals surface area contributed by atoms with Crippen LogP contribution in [0.2, 0.25) is 0 Å². The molecule has 0 aliphatic heterocycles. The molecular weight excluding hydrogens is 741 g/mol. The Kier molecular flexibility index (Phi) is 19.4. The number of aryl methyl sites for hydroxylation is 1. The lowest BCUT2D eigenvalue weighted by atomic mass is 9.93. The minimum Gasteiger partial charge on any atom is -0.491 e. The van der Waals surface area contributed by atoms with Crippen molar-refractivity contribution in [2.75, 3.05) is 77.9 Å². The van der Waals surface area contributed by atoms with E-state index >= 15 is 0 Å². The number of fused-ring (bicyclic) bond motifs is 1. The van der Waals surface area contributed by atoms with Gasteiger partial charge in [-0.15, -0.1) is 0 Å². The van der Waals surface area contributed by atoms with E-state index in [-0.39, 0.29) is 30.7 Å². The summed E-state index contributed by atoms with van der Waals surface area (Å²) in [5, 5.41) is 20.1. The molecule has 1 heterocycles. The van der Waals surface area contributed by atoms with Crippen molar-refractivity contribution in [2.24, 2.45) is 5.41 Å². The number of benzene rings is 3. The molecule has 0 saturated carbocycles. The number of carbonyl (C=O) groups excluding carboxylic acids is 2. The summed E-state index contributed by atoms with van der Waals surface area (Å²) < 4.78 is 28.5. The van der Waals surface area contributed by atoms with E-state index in [9.17, 15) is 19.5 Å². The summed E-state index contributed by atoms with van der Waals surface area (Å²) in [7, 11) is 0. The number of aliphatic carboxylic acids is 1. The predicted octanol–water partition coefficient (Wildman–Crippen LogP) is 6.73. The third kappa shape index (κ3) is 17.2. The van der Waals surface area contributed by atoms with Gasteiger partial charge in [0.15, 0.2) is 0 Å². The average molecular weight is 801 g/mol. The van der Waals surface area contributed by atoms with Crippen LogP contribution in [0.25, 0.3) is 21.9 Å². The van der Waals surface area contributed by atoms with Crippen LogP contribution in [-0.2, 0) is 33.3 Å². The summed E-state index contributed by atoms with van der Waals surface area (Å²) in [6.45, 7) is 13.5. The molecule has 0 unspecified atom stereocenters. The van der Waals surface area contributed by atoms with Gasteiger partial charge < -0.3 is 44.7 Å². The normalized spacial score (nSPS) is 11.9. The monoisotopic (exact) mass is 800 g/mol. The van der Waals surface area contributed by atoms with E-state index in [0.29, 0.717) is 71.4 Å². The molecule has 4 aromatic rings. The number of nitrogens with zero attached hydrogens (tertiary/aromatic N) is 1. The van der Waals surface area contributed by atoms with Crippen molar-refractivity contribution in [3.63, 3.8) is 0 Å². The zero-order valence-electron chi connectivity index (χ0n) is 34.3. The summed E-state index contributed by atoms with van der Waals surface area (Å²) in [6.07, 6.45) is 3.21. The van der Waals surface area contributed by atoms with E-state index in [0.717, 1.165) is 52.1 Å². The van der Waals surface area contributed by atoms with Crippen LogP contribution in [0, 0.1) is 12.3 Å². The van der Waals surface area contributed by atoms with Crippen LogP contribution in [0.15, 0.2) is 79.0 Å².